The Balaban J connectivity index is 2.59. The Morgan fingerprint density at radius 3 is 2.12 bits per heavy atom. The van der Waals surface area contributed by atoms with E-state index in [2.05, 4.69) is 31.0 Å². The third-order valence-corrected chi connectivity index (χ3v) is 2.88. The molecule has 5 heteroatoms. The molecule has 0 amide bonds. The molecule has 0 spiro atoms. The van der Waals surface area contributed by atoms with Crippen molar-refractivity contribution in [3.63, 3.8) is 0 Å². The predicted molar refractivity (Wildman–Crippen MR) is 70.1 cm³/mol. The van der Waals surface area contributed by atoms with Gasteiger partial charge in [0, 0.05) is 16.1 Å². The molecule has 17 heavy (non-hydrogen) atoms. The van der Waals surface area contributed by atoms with Crippen LogP contribution < -0.4 is 0 Å². The first-order chi connectivity index (χ1) is 7.89. The van der Waals surface area contributed by atoms with Gasteiger partial charge in [-0.25, -0.2) is 0 Å². The van der Waals surface area contributed by atoms with Crippen molar-refractivity contribution >= 4 is 23.2 Å². The van der Waals surface area contributed by atoms with E-state index in [1.807, 2.05) is 28.8 Å². The molecule has 0 aliphatic heterocycles. The second-order valence-corrected chi connectivity index (χ2v) is 5.63. The smallest absolute Gasteiger partial charge is 0.229 e. The van der Waals surface area contributed by atoms with E-state index in [0.717, 1.165) is 11.5 Å². The second-order valence-electron chi connectivity index (χ2n) is 4.85. The van der Waals surface area contributed by atoms with Crippen molar-refractivity contribution in [2.24, 2.45) is 0 Å². The standard InChI is InChI=1S/C12H13Cl2N3/c1-12(2,3)10-15-16-11(14)17(10)9-6-4-8(13)5-7-9/h4-7H,1-3H3. The van der Waals surface area contributed by atoms with Gasteiger partial charge in [-0.1, -0.05) is 32.4 Å². The molecule has 0 fully saturated rings. The summed E-state index contributed by atoms with van der Waals surface area (Å²) >= 11 is 12.0. The van der Waals surface area contributed by atoms with Crippen LogP contribution in [0.4, 0.5) is 0 Å². The lowest BCUT2D eigenvalue weighted by molar-refractivity contribution is 0.533. The summed E-state index contributed by atoms with van der Waals surface area (Å²) in [6, 6.07) is 7.43. The van der Waals surface area contributed by atoms with Crippen molar-refractivity contribution in [1.29, 1.82) is 0 Å². The van der Waals surface area contributed by atoms with Gasteiger partial charge in [0.1, 0.15) is 5.82 Å². The number of aromatic nitrogens is 3. The highest BCUT2D eigenvalue weighted by Crippen LogP contribution is 2.27. The zero-order valence-electron chi connectivity index (χ0n) is 9.91. The maximum absolute atomic E-state index is 6.08. The average molecular weight is 270 g/mol. The Bertz CT molecular complexity index is 524. The molecular formula is C12H13Cl2N3. The van der Waals surface area contributed by atoms with Crippen LogP contribution in [0.15, 0.2) is 24.3 Å². The molecule has 0 N–H and O–H groups in total. The molecular weight excluding hydrogens is 257 g/mol. The molecule has 1 heterocycles. The zero-order valence-corrected chi connectivity index (χ0v) is 11.4. The quantitative estimate of drug-likeness (QED) is 0.787. The summed E-state index contributed by atoms with van der Waals surface area (Å²) in [5.41, 5.74) is 0.786. The van der Waals surface area contributed by atoms with E-state index in [0.29, 0.717) is 10.3 Å². The molecule has 90 valence electrons. The van der Waals surface area contributed by atoms with E-state index in [-0.39, 0.29) is 5.41 Å². The van der Waals surface area contributed by atoms with Gasteiger partial charge in [0.05, 0.1) is 0 Å². The first kappa shape index (κ1) is 12.4. The van der Waals surface area contributed by atoms with E-state index in [4.69, 9.17) is 23.2 Å². The Kier molecular flexibility index (Phi) is 3.15. The Labute approximate surface area is 110 Å². The molecule has 1 aromatic heterocycles. The van der Waals surface area contributed by atoms with Crippen molar-refractivity contribution in [2.45, 2.75) is 26.2 Å². The lowest BCUT2D eigenvalue weighted by Gasteiger charge is -2.18. The highest BCUT2D eigenvalue weighted by Gasteiger charge is 2.24. The number of benzene rings is 1. The van der Waals surface area contributed by atoms with Gasteiger partial charge in [0.15, 0.2) is 0 Å². The molecule has 3 nitrogen and oxygen atoms in total. The maximum atomic E-state index is 6.08. The van der Waals surface area contributed by atoms with Gasteiger partial charge in [0.25, 0.3) is 0 Å². The van der Waals surface area contributed by atoms with Crippen LogP contribution >= 0.6 is 23.2 Å². The summed E-state index contributed by atoms with van der Waals surface area (Å²) in [5, 5.41) is 9.11. The van der Waals surface area contributed by atoms with Crippen molar-refractivity contribution in [3.05, 3.63) is 40.4 Å². The van der Waals surface area contributed by atoms with Crippen LogP contribution in [0, 0.1) is 0 Å². The highest BCUT2D eigenvalue weighted by molar-refractivity contribution is 6.30. The molecule has 0 atom stereocenters. The summed E-state index contributed by atoms with van der Waals surface area (Å²) in [6.45, 7) is 6.21. The van der Waals surface area contributed by atoms with Crippen LogP contribution in [-0.4, -0.2) is 14.8 Å². The van der Waals surface area contributed by atoms with E-state index >= 15 is 0 Å². The molecule has 0 unspecified atom stereocenters. The minimum absolute atomic E-state index is 0.125. The summed E-state index contributed by atoms with van der Waals surface area (Å²) in [5.74, 6) is 0.824. The maximum Gasteiger partial charge on any atom is 0.229 e. The number of nitrogens with zero attached hydrogens (tertiary/aromatic N) is 3. The first-order valence-electron chi connectivity index (χ1n) is 5.27. The topological polar surface area (TPSA) is 30.7 Å². The van der Waals surface area contributed by atoms with Crippen LogP contribution in [0.25, 0.3) is 5.69 Å². The molecule has 2 rings (SSSR count). The number of hydrogen-bond donors (Lipinski definition) is 0. The van der Waals surface area contributed by atoms with Crippen molar-refractivity contribution in [1.82, 2.24) is 14.8 Å². The van der Waals surface area contributed by atoms with E-state index in [1.54, 1.807) is 0 Å². The van der Waals surface area contributed by atoms with Crippen molar-refractivity contribution in [3.8, 4) is 5.69 Å². The fourth-order valence-electron chi connectivity index (χ4n) is 1.57. The van der Waals surface area contributed by atoms with Crippen LogP contribution in [0.2, 0.25) is 10.3 Å². The highest BCUT2D eigenvalue weighted by atomic mass is 35.5. The molecule has 2 aromatic rings. The SMILES string of the molecule is CC(C)(C)c1nnc(Cl)n1-c1ccc(Cl)cc1. The van der Waals surface area contributed by atoms with Gasteiger partial charge in [-0.15, -0.1) is 10.2 Å². The second kappa shape index (κ2) is 4.31. The molecule has 0 saturated heterocycles. The molecule has 0 aliphatic rings. The lowest BCUT2D eigenvalue weighted by Crippen LogP contribution is -2.18. The Morgan fingerprint density at radius 2 is 1.59 bits per heavy atom. The first-order valence-corrected chi connectivity index (χ1v) is 6.02. The van der Waals surface area contributed by atoms with E-state index in [1.165, 1.54) is 0 Å². The van der Waals surface area contributed by atoms with Crippen LogP contribution in [0.5, 0.6) is 0 Å². The number of rotatable bonds is 1. The fourth-order valence-corrected chi connectivity index (χ4v) is 1.91. The minimum atomic E-state index is -0.125. The third kappa shape index (κ3) is 2.45. The van der Waals surface area contributed by atoms with Gasteiger partial charge in [0.2, 0.25) is 5.28 Å². The van der Waals surface area contributed by atoms with E-state index < -0.39 is 0 Å². The van der Waals surface area contributed by atoms with Gasteiger partial charge < -0.3 is 0 Å². The molecule has 0 aliphatic carbocycles. The lowest BCUT2D eigenvalue weighted by atomic mass is 9.95. The minimum Gasteiger partial charge on any atom is -0.269 e. The summed E-state index contributed by atoms with van der Waals surface area (Å²) < 4.78 is 1.83. The summed E-state index contributed by atoms with van der Waals surface area (Å²) in [6.07, 6.45) is 0. The van der Waals surface area contributed by atoms with Crippen molar-refractivity contribution < 1.29 is 0 Å². The predicted octanol–water partition coefficient (Wildman–Crippen LogP) is 3.87. The molecule has 0 radical (unpaired) electrons. The van der Waals surface area contributed by atoms with Gasteiger partial charge in [-0.2, -0.15) is 0 Å². The Morgan fingerprint density at radius 1 is 1.00 bits per heavy atom. The van der Waals surface area contributed by atoms with Crippen LogP contribution in [0.1, 0.15) is 26.6 Å². The average Bonchev–Trinajstić information content (AvgIpc) is 2.61. The summed E-state index contributed by atoms with van der Waals surface area (Å²) in [4.78, 5) is 0. The molecule has 1 aromatic carbocycles. The normalized spacial score (nSPS) is 11.8. The number of hydrogen-bond acceptors (Lipinski definition) is 2. The monoisotopic (exact) mass is 269 g/mol. The Hall–Kier alpha value is -1.06. The largest absolute Gasteiger partial charge is 0.269 e. The van der Waals surface area contributed by atoms with Gasteiger partial charge in [-0.05, 0) is 35.9 Å². The third-order valence-electron chi connectivity index (χ3n) is 2.38. The summed E-state index contributed by atoms with van der Waals surface area (Å²) in [7, 11) is 0. The van der Waals surface area contributed by atoms with Crippen LogP contribution in [-0.2, 0) is 5.41 Å². The van der Waals surface area contributed by atoms with Crippen molar-refractivity contribution in [2.75, 3.05) is 0 Å². The van der Waals surface area contributed by atoms with Gasteiger partial charge in [-0.3, -0.25) is 4.57 Å². The fraction of sp³-hybridized carbons (Fsp3) is 0.333. The van der Waals surface area contributed by atoms with Gasteiger partial charge >= 0.3 is 0 Å². The molecule has 0 bridgehead atoms. The zero-order chi connectivity index (χ0) is 12.6. The van der Waals surface area contributed by atoms with Crippen LogP contribution in [0.3, 0.4) is 0 Å². The number of halogens is 2. The molecule has 0 saturated carbocycles. The van der Waals surface area contributed by atoms with E-state index in [9.17, 15) is 0 Å².